The number of nitrogens with zero attached hydrogens (tertiary/aromatic N) is 3. The molecular formula is C22H34ClN4O8P. The van der Waals surface area contributed by atoms with Crippen LogP contribution in [-0.2, 0) is 28.0 Å². The van der Waals surface area contributed by atoms with Gasteiger partial charge in [-0.15, -0.1) is 0 Å². The molecule has 14 heteroatoms. The minimum Gasteiger partial charge on any atom is -0.432 e. The highest BCUT2D eigenvalue weighted by molar-refractivity contribution is 7.52. The molecule has 36 heavy (non-hydrogen) atoms. The molecule has 0 bridgehead atoms. The smallest absolute Gasteiger partial charge is 0.432 e. The minimum atomic E-state index is -4.12. The predicted octanol–water partition coefficient (Wildman–Crippen LogP) is 5.06. The quantitative estimate of drug-likeness (QED) is 0.107. The van der Waals surface area contributed by atoms with E-state index in [2.05, 4.69) is 26.9 Å². The number of carbonyl (C=O) groups is 1. The molecule has 0 radical (unpaired) electrons. The number of unbranched alkanes of at least 4 members (excludes halogenated alkanes) is 2. The first kappa shape index (κ1) is 28.6. The number of ether oxygens (including phenoxy) is 4. The molecule has 1 aliphatic heterocycles. The molecule has 1 aliphatic rings. The van der Waals surface area contributed by atoms with E-state index in [0.717, 1.165) is 31.2 Å². The van der Waals surface area contributed by atoms with Crippen molar-refractivity contribution >= 4 is 42.2 Å². The molecule has 2 N–H and O–H groups in total. The van der Waals surface area contributed by atoms with Crippen LogP contribution in [0.4, 0.5) is 10.6 Å². The fourth-order valence-corrected chi connectivity index (χ4v) is 4.48. The van der Waals surface area contributed by atoms with Crippen molar-refractivity contribution in [3.8, 4) is 0 Å². The largest absolute Gasteiger partial charge is 0.510 e. The first-order valence-electron chi connectivity index (χ1n) is 12.0. The number of fused-ring (bicyclic) bond motifs is 1. The van der Waals surface area contributed by atoms with E-state index < -0.39 is 26.9 Å². The van der Waals surface area contributed by atoms with Crippen molar-refractivity contribution in [1.29, 1.82) is 0 Å². The zero-order valence-corrected chi connectivity index (χ0v) is 22.4. The fourth-order valence-electron chi connectivity index (χ4n) is 3.69. The van der Waals surface area contributed by atoms with Crippen LogP contribution in [-0.4, -0.2) is 64.1 Å². The molecule has 1 unspecified atom stereocenters. The highest BCUT2D eigenvalue weighted by Crippen LogP contribution is 2.42. The van der Waals surface area contributed by atoms with Gasteiger partial charge in [-0.3, -0.25) is 9.09 Å². The summed E-state index contributed by atoms with van der Waals surface area (Å²) in [6.45, 7) is 5.63. The highest BCUT2D eigenvalue weighted by atomic mass is 35.5. The molecule has 2 aromatic heterocycles. The van der Waals surface area contributed by atoms with E-state index in [1.165, 1.54) is 0 Å². The molecule has 0 amide bonds. The maximum Gasteiger partial charge on any atom is 0.510 e. The number of aromatic nitrogens is 3. The van der Waals surface area contributed by atoms with Crippen molar-refractivity contribution in [2.75, 3.05) is 31.6 Å². The third-order valence-corrected chi connectivity index (χ3v) is 6.52. The second-order valence-electron chi connectivity index (χ2n) is 8.67. The summed E-state index contributed by atoms with van der Waals surface area (Å²) in [5.74, 6) is 0.692. The van der Waals surface area contributed by atoms with E-state index in [0.29, 0.717) is 24.3 Å². The lowest BCUT2D eigenvalue weighted by atomic mass is 10.2. The molecule has 0 aliphatic carbocycles. The number of nitrogens with one attached hydrogen (secondary N) is 1. The van der Waals surface area contributed by atoms with Gasteiger partial charge in [-0.1, -0.05) is 19.8 Å². The van der Waals surface area contributed by atoms with Gasteiger partial charge in [-0.2, -0.15) is 4.98 Å². The summed E-state index contributed by atoms with van der Waals surface area (Å²) < 4.78 is 39.5. The van der Waals surface area contributed by atoms with Gasteiger partial charge in [0.2, 0.25) is 12.1 Å². The van der Waals surface area contributed by atoms with Crippen LogP contribution in [0.15, 0.2) is 12.3 Å². The first-order chi connectivity index (χ1) is 17.2. The topological polar surface area (TPSA) is 143 Å². The third-order valence-electron chi connectivity index (χ3n) is 5.33. The molecule has 1 fully saturated rings. The monoisotopic (exact) mass is 548 g/mol. The second-order valence-corrected chi connectivity index (χ2v) is 10.8. The van der Waals surface area contributed by atoms with E-state index in [1.807, 2.05) is 16.8 Å². The normalized spacial score (nSPS) is 19.5. The molecule has 0 aromatic carbocycles. The average Bonchev–Trinajstić information content (AvgIpc) is 3.42. The number of anilines is 1. The van der Waals surface area contributed by atoms with Crippen molar-refractivity contribution in [3.05, 3.63) is 17.5 Å². The maximum absolute atomic E-state index is 12.1. The maximum atomic E-state index is 12.1. The second kappa shape index (κ2) is 13.6. The van der Waals surface area contributed by atoms with E-state index in [1.54, 1.807) is 13.8 Å². The molecule has 1 saturated heterocycles. The Morgan fingerprint density at radius 3 is 2.92 bits per heavy atom. The number of hydrogen-bond acceptors (Lipinski definition) is 10. The fraction of sp³-hybridized carbons (Fsp3) is 0.682. The Bertz CT molecular complexity index is 1050. The third kappa shape index (κ3) is 8.57. The van der Waals surface area contributed by atoms with Crippen molar-refractivity contribution in [2.24, 2.45) is 0 Å². The molecule has 2 aromatic rings. The SMILES string of the molecule is CCCCCNc1nc(Cl)nc2c1ccn2[C@H]1CC[C@@H](COCP(=O)(O)OCOC(=O)OC(C)C)O1. The van der Waals surface area contributed by atoms with Crippen molar-refractivity contribution in [1.82, 2.24) is 14.5 Å². The molecule has 0 spiro atoms. The summed E-state index contributed by atoms with van der Waals surface area (Å²) >= 11 is 6.18. The Balaban J connectivity index is 1.48. The van der Waals surface area contributed by atoms with E-state index in [9.17, 15) is 14.3 Å². The Labute approximate surface area is 215 Å². The standard InChI is InChI=1S/C22H34ClN4O8P/c1-4-5-6-10-24-19-17-9-11-27(20(17)26-21(23)25-19)18-8-7-16(35-18)12-31-14-36(29,30)33-13-32-22(28)34-15(2)3/h9,11,15-16,18H,4-8,10,12-14H2,1-3H3,(H,29,30)(H,24,25,26)/t16-,18+/m0/s1. The Hall–Kier alpha value is -1.95. The molecular weight excluding hydrogens is 515 g/mol. The van der Waals surface area contributed by atoms with Crippen LogP contribution in [0, 0.1) is 0 Å². The van der Waals surface area contributed by atoms with Crippen molar-refractivity contribution in [2.45, 2.75) is 71.3 Å². The van der Waals surface area contributed by atoms with Crippen LogP contribution < -0.4 is 5.32 Å². The summed E-state index contributed by atoms with van der Waals surface area (Å²) in [6, 6.07) is 1.93. The zero-order chi connectivity index (χ0) is 26.1. The van der Waals surface area contributed by atoms with E-state index >= 15 is 0 Å². The van der Waals surface area contributed by atoms with Gasteiger partial charge in [0.05, 0.1) is 24.2 Å². The molecule has 202 valence electrons. The van der Waals surface area contributed by atoms with Gasteiger partial charge in [0.25, 0.3) is 0 Å². The Morgan fingerprint density at radius 1 is 1.36 bits per heavy atom. The van der Waals surface area contributed by atoms with Gasteiger partial charge >= 0.3 is 13.8 Å². The van der Waals surface area contributed by atoms with Crippen LogP contribution in [0.2, 0.25) is 5.28 Å². The summed E-state index contributed by atoms with van der Waals surface area (Å²) in [5.41, 5.74) is 0.670. The summed E-state index contributed by atoms with van der Waals surface area (Å²) in [7, 11) is -4.12. The van der Waals surface area contributed by atoms with Gasteiger partial charge in [0.15, 0.2) is 0 Å². The Kier molecular flexibility index (Phi) is 10.8. The number of rotatable bonds is 14. The van der Waals surface area contributed by atoms with Crippen LogP contribution >= 0.6 is 19.2 Å². The summed E-state index contributed by atoms with van der Waals surface area (Å²) in [6.07, 6.45) is 4.09. The van der Waals surface area contributed by atoms with Gasteiger partial charge in [0, 0.05) is 12.7 Å². The molecule has 3 atom stereocenters. The van der Waals surface area contributed by atoms with Gasteiger partial charge < -0.3 is 33.7 Å². The lowest BCUT2D eigenvalue weighted by molar-refractivity contribution is -0.0376. The summed E-state index contributed by atoms with van der Waals surface area (Å²) in [4.78, 5) is 29.9. The van der Waals surface area contributed by atoms with Crippen LogP contribution in [0.5, 0.6) is 0 Å². The zero-order valence-electron chi connectivity index (χ0n) is 20.7. The number of carbonyl (C=O) groups excluding carboxylic acids is 1. The van der Waals surface area contributed by atoms with E-state index in [-0.39, 0.29) is 30.3 Å². The van der Waals surface area contributed by atoms with Crippen molar-refractivity contribution in [3.63, 3.8) is 0 Å². The molecule has 3 heterocycles. The van der Waals surface area contributed by atoms with E-state index in [4.69, 9.17) is 30.3 Å². The van der Waals surface area contributed by atoms with Crippen LogP contribution in [0.25, 0.3) is 11.0 Å². The first-order valence-corrected chi connectivity index (χ1v) is 14.1. The summed E-state index contributed by atoms with van der Waals surface area (Å²) in [5, 5.41) is 4.35. The van der Waals surface area contributed by atoms with Gasteiger partial charge in [0.1, 0.15) is 24.0 Å². The Morgan fingerprint density at radius 2 is 2.17 bits per heavy atom. The van der Waals surface area contributed by atoms with Crippen LogP contribution in [0.1, 0.15) is 59.1 Å². The average molecular weight is 549 g/mol. The van der Waals surface area contributed by atoms with Gasteiger partial charge in [-0.25, -0.2) is 9.78 Å². The predicted molar refractivity (Wildman–Crippen MR) is 133 cm³/mol. The van der Waals surface area contributed by atoms with Crippen LogP contribution in [0.3, 0.4) is 0 Å². The minimum absolute atomic E-state index is 0.0971. The molecule has 12 nitrogen and oxygen atoms in total. The number of hydrogen-bond donors (Lipinski definition) is 2. The lowest BCUT2D eigenvalue weighted by Crippen LogP contribution is -2.18. The highest BCUT2D eigenvalue weighted by Gasteiger charge is 2.29. The van der Waals surface area contributed by atoms with Crippen molar-refractivity contribution < 1.29 is 37.7 Å². The lowest BCUT2D eigenvalue weighted by Gasteiger charge is -2.17. The van der Waals surface area contributed by atoms with Gasteiger partial charge in [-0.05, 0) is 50.8 Å². The molecule has 0 saturated carbocycles. The molecule has 3 rings (SSSR count). The number of halogens is 1.